The molecular weight excluding hydrogens is 316 g/mol. The summed E-state index contributed by atoms with van der Waals surface area (Å²) < 4.78 is 0. The molecule has 2 aliphatic rings. The van der Waals surface area contributed by atoms with E-state index in [-0.39, 0.29) is 11.3 Å². The van der Waals surface area contributed by atoms with Gasteiger partial charge in [-0.1, -0.05) is 30.3 Å². The predicted molar refractivity (Wildman–Crippen MR) is 97.5 cm³/mol. The van der Waals surface area contributed by atoms with Crippen molar-refractivity contribution in [2.45, 2.75) is 50.9 Å². The van der Waals surface area contributed by atoms with E-state index in [0.29, 0.717) is 5.92 Å². The molecular formula is C20H24N2OS. The Morgan fingerprint density at radius 1 is 1.29 bits per heavy atom. The second-order valence-corrected chi connectivity index (χ2v) is 8.44. The number of carbonyl (C=O) groups excluding carboxylic acids is 1. The summed E-state index contributed by atoms with van der Waals surface area (Å²) in [6.45, 7) is 5.62. The van der Waals surface area contributed by atoms with Gasteiger partial charge in [-0.15, -0.1) is 11.3 Å². The second kappa shape index (κ2) is 5.99. The van der Waals surface area contributed by atoms with Crippen LogP contribution < -0.4 is 0 Å². The Balaban J connectivity index is 1.63. The van der Waals surface area contributed by atoms with E-state index in [9.17, 15) is 4.79 Å². The monoisotopic (exact) mass is 340 g/mol. The van der Waals surface area contributed by atoms with Crippen LogP contribution in [0.3, 0.4) is 0 Å². The van der Waals surface area contributed by atoms with Crippen LogP contribution in [-0.2, 0) is 10.2 Å². The third-order valence-corrected chi connectivity index (χ3v) is 6.69. The lowest BCUT2D eigenvalue weighted by atomic mass is 9.91. The van der Waals surface area contributed by atoms with Gasteiger partial charge in [-0.05, 0) is 38.2 Å². The highest BCUT2D eigenvalue weighted by atomic mass is 32.1. The van der Waals surface area contributed by atoms with E-state index >= 15 is 0 Å². The van der Waals surface area contributed by atoms with Gasteiger partial charge in [0.25, 0.3) is 0 Å². The number of thiazole rings is 1. The number of aromatic nitrogens is 1. The lowest BCUT2D eigenvalue weighted by molar-refractivity contribution is -0.130. The van der Waals surface area contributed by atoms with Gasteiger partial charge in [-0.25, -0.2) is 4.98 Å². The van der Waals surface area contributed by atoms with Crippen LogP contribution in [0.2, 0.25) is 0 Å². The molecule has 2 heterocycles. The lowest BCUT2D eigenvalue weighted by Gasteiger charge is -2.31. The molecule has 0 spiro atoms. The minimum atomic E-state index is 0.148. The van der Waals surface area contributed by atoms with Gasteiger partial charge in [0.2, 0.25) is 5.91 Å². The van der Waals surface area contributed by atoms with Gasteiger partial charge < -0.3 is 4.90 Å². The van der Waals surface area contributed by atoms with Crippen LogP contribution in [0.15, 0.2) is 30.3 Å². The summed E-state index contributed by atoms with van der Waals surface area (Å²) in [5.74, 6) is 0.600. The summed E-state index contributed by atoms with van der Waals surface area (Å²) in [6, 6.07) is 10.8. The predicted octanol–water partition coefficient (Wildman–Crippen LogP) is 4.26. The molecule has 1 saturated carbocycles. The Morgan fingerprint density at radius 2 is 2.04 bits per heavy atom. The van der Waals surface area contributed by atoms with Crippen molar-refractivity contribution < 1.29 is 4.79 Å². The van der Waals surface area contributed by atoms with E-state index in [4.69, 9.17) is 4.98 Å². The maximum absolute atomic E-state index is 11.7. The molecule has 4 rings (SSSR count). The van der Waals surface area contributed by atoms with E-state index in [1.165, 1.54) is 34.0 Å². The summed E-state index contributed by atoms with van der Waals surface area (Å²) >= 11 is 1.85. The largest absolute Gasteiger partial charge is 0.342 e. The molecule has 3 nitrogen and oxygen atoms in total. The normalized spacial score (nSPS) is 22.4. The molecule has 24 heavy (non-hydrogen) atoms. The Bertz CT molecular complexity index is 748. The zero-order valence-corrected chi connectivity index (χ0v) is 15.2. The lowest BCUT2D eigenvalue weighted by Crippen LogP contribution is -2.37. The van der Waals surface area contributed by atoms with Gasteiger partial charge in [0.05, 0.1) is 10.7 Å². The Hall–Kier alpha value is -1.68. The average molecular weight is 340 g/mol. The fourth-order valence-electron chi connectivity index (χ4n) is 4.04. The summed E-state index contributed by atoms with van der Waals surface area (Å²) in [5.41, 5.74) is 2.84. The Morgan fingerprint density at radius 3 is 2.71 bits per heavy atom. The van der Waals surface area contributed by atoms with Crippen LogP contribution in [0, 0.1) is 6.92 Å². The van der Waals surface area contributed by atoms with Gasteiger partial charge in [0.15, 0.2) is 0 Å². The van der Waals surface area contributed by atoms with Gasteiger partial charge in [0.1, 0.15) is 0 Å². The number of nitrogens with zero attached hydrogens (tertiary/aromatic N) is 2. The molecule has 1 aromatic carbocycles. The highest BCUT2D eigenvalue weighted by molar-refractivity contribution is 7.11. The minimum Gasteiger partial charge on any atom is -0.342 e. The van der Waals surface area contributed by atoms with Crippen LogP contribution in [0.1, 0.15) is 59.7 Å². The van der Waals surface area contributed by atoms with E-state index in [1.807, 2.05) is 16.2 Å². The van der Waals surface area contributed by atoms with Crippen molar-refractivity contribution in [3.8, 4) is 0 Å². The van der Waals surface area contributed by atoms with Gasteiger partial charge >= 0.3 is 0 Å². The average Bonchev–Trinajstić information content (AvgIpc) is 3.32. The molecule has 1 aliphatic carbocycles. The van der Waals surface area contributed by atoms with Crippen molar-refractivity contribution in [2.75, 3.05) is 13.1 Å². The minimum absolute atomic E-state index is 0.148. The summed E-state index contributed by atoms with van der Waals surface area (Å²) in [6.07, 6.45) is 4.63. The summed E-state index contributed by atoms with van der Waals surface area (Å²) in [7, 11) is 0. The molecule has 4 heteroatoms. The Kier molecular flexibility index (Phi) is 3.95. The maximum Gasteiger partial charge on any atom is 0.219 e. The molecule has 1 saturated heterocycles. The van der Waals surface area contributed by atoms with Crippen molar-refractivity contribution in [1.82, 2.24) is 9.88 Å². The van der Waals surface area contributed by atoms with Gasteiger partial charge in [0, 0.05) is 36.2 Å². The van der Waals surface area contributed by atoms with Crippen LogP contribution in [0.25, 0.3) is 0 Å². The van der Waals surface area contributed by atoms with Gasteiger partial charge in [-0.2, -0.15) is 0 Å². The van der Waals surface area contributed by atoms with Crippen LogP contribution in [-0.4, -0.2) is 28.9 Å². The van der Waals surface area contributed by atoms with Crippen LogP contribution >= 0.6 is 11.3 Å². The zero-order chi connectivity index (χ0) is 16.7. The summed E-state index contributed by atoms with van der Waals surface area (Å²) in [4.78, 5) is 20.2. The number of aryl methyl sites for hydroxylation is 1. The van der Waals surface area contributed by atoms with E-state index in [1.54, 1.807) is 6.92 Å². The second-order valence-electron chi connectivity index (χ2n) is 7.21. The molecule has 2 aromatic rings. The smallest absolute Gasteiger partial charge is 0.219 e. The summed E-state index contributed by atoms with van der Waals surface area (Å²) in [5, 5.41) is 1.23. The molecule has 1 aromatic heterocycles. The quantitative estimate of drug-likeness (QED) is 0.836. The van der Waals surface area contributed by atoms with E-state index in [0.717, 1.165) is 25.9 Å². The highest BCUT2D eigenvalue weighted by Crippen LogP contribution is 2.55. The van der Waals surface area contributed by atoms with Crippen molar-refractivity contribution in [2.24, 2.45) is 0 Å². The fourth-order valence-corrected chi connectivity index (χ4v) is 5.19. The number of hydrogen-bond donors (Lipinski definition) is 0. The molecule has 2 fully saturated rings. The topological polar surface area (TPSA) is 33.2 Å². The SMILES string of the molecule is CC(=O)N1CCCC(c2nc(C3(c4ccccc4)CC3)c(C)s2)C1. The fraction of sp³-hybridized carbons (Fsp3) is 0.500. The number of amides is 1. The van der Waals surface area contributed by atoms with Crippen molar-refractivity contribution >= 4 is 17.2 Å². The number of rotatable bonds is 3. The zero-order valence-electron chi connectivity index (χ0n) is 14.4. The van der Waals surface area contributed by atoms with Crippen molar-refractivity contribution in [1.29, 1.82) is 0 Å². The maximum atomic E-state index is 11.7. The first-order chi connectivity index (χ1) is 11.6. The first-order valence-electron chi connectivity index (χ1n) is 8.89. The number of benzene rings is 1. The van der Waals surface area contributed by atoms with E-state index < -0.39 is 0 Å². The first kappa shape index (κ1) is 15.8. The molecule has 126 valence electrons. The van der Waals surface area contributed by atoms with Crippen LogP contribution in [0.4, 0.5) is 0 Å². The Labute approximate surface area is 147 Å². The van der Waals surface area contributed by atoms with Crippen molar-refractivity contribution in [3.05, 3.63) is 51.5 Å². The van der Waals surface area contributed by atoms with E-state index in [2.05, 4.69) is 37.3 Å². The number of piperidine rings is 1. The standard InChI is InChI=1S/C20H24N2OS/c1-14-18(20(10-11-20)17-8-4-3-5-9-17)21-19(24-14)16-7-6-12-22(13-16)15(2)23/h3-5,8-9,16H,6-7,10-13H2,1-2H3. The molecule has 1 unspecified atom stereocenters. The number of likely N-dealkylation sites (tertiary alicyclic amines) is 1. The third kappa shape index (κ3) is 2.67. The van der Waals surface area contributed by atoms with Crippen molar-refractivity contribution in [3.63, 3.8) is 0 Å². The third-order valence-electron chi connectivity index (χ3n) is 5.56. The molecule has 1 aliphatic heterocycles. The number of hydrogen-bond acceptors (Lipinski definition) is 3. The van der Waals surface area contributed by atoms with Gasteiger partial charge in [-0.3, -0.25) is 4.79 Å². The molecule has 0 bridgehead atoms. The number of carbonyl (C=O) groups is 1. The molecule has 1 amide bonds. The highest BCUT2D eigenvalue weighted by Gasteiger charge is 2.49. The van der Waals surface area contributed by atoms with Crippen LogP contribution in [0.5, 0.6) is 0 Å². The molecule has 0 radical (unpaired) electrons. The molecule has 1 atom stereocenters. The first-order valence-corrected chi connectivity index (χ1v) is 9.71. The molecule has 0 N–H and O–H groups in total.